The van der Waals surface area contributed by atoms with E-state index in [1.165, 1.54) is 77.0 Å². The SMILES string of the molecule is CC/C=C\C/C=C\C/C=C\C/C=C\CCC(=O)OCC(COCCCCCCCCCCCCCCCC)OC(=O)CC/C=C\C/C=C\C/C=C\C/C=C\CC. The maximum atomic E-state index is 12.7. The van der Waals surface area contributed by atoms with Crippen molar-refractivity contribution in [3.63, 3.8) is 0 Å². The Morgan fingerprint density at radius 2 is 0.768 bits per heavy atom. The summed E-state index contributed by atoms with van der Waals surface area (Å²) in [5.41, 5.74) is 0. The van der Waals surface area contributed by atoms with Gasteiger partial charge in [0.2, 0.25) is 0 Å². The monoisotopic (exact) mass is 777 g/mol. The van der Waals surface area contributed by atoms with Crippen LogP contribution in [0.3, 0.4) is 0 Å². The second-order valence-electron chi connectivity index (χ2n) is 14.5. The highest BCUT2D eigenvalue weighted by Gasteiger charge is 2.17. The van der Waals surface area contributed by atoms with Gasteiger partial charge in [-0.3, -0.25) is 9.59 Å². The Kier molecular flexibility index (Phi) is 43.6. The fraction of sp³-hybridized carbons (Fsp3) is 0.647. The van der Waals surface area contributed by atoms with Crippen molar-refractivity contribution in [2.24, 2.45) is 0 Å². The molecule has 0 amide bonds. The van der Waals surface area contributed by atoms with Crippen LogP contribution in [-0.4, -0.2) is 37.9 Å². The van der Waals surface area contributed by atoms with Gasteiger partial charge in [-0.05, 0) is 70.6 Å². The van der Waals surface area contributed by atoms with Gasteiger partial charge in [0, 0.05) is 19.4 Å². The molecule has 0 aliphatic carbocycles. The number of unbranched alkanes of at least 4 members (excludes halogenated alkanes) is 13. The van der Waals surface area contributed by atoms with Crippen molar-refractivity contribution in [3.8, 4) is 0 Å². The van der Waals surface area contributed by atoms with Crippen molar-refractivity contribution >= 4 is 11.9 Å². The highest BCUT2D eigenvalue weighted by Crippen LogP contribution is 2.13. The number of carbonyl (C=O) groups is 2. The largest absolute Gasteiger partial charge is 0.462 e. The van der Waals surface area contributed by atoms with E-state index in [0.29, 0.717) is 25.9 Å². The van der Waals surface area contributed by atoms with E-state index >= 15 is 0 Å². The zero-order valence-electron chi connectivity index (χ0n) is 36.4. The Morgan fingerprint density at radius 3 is 1.18 bits per heavy atom. The summed E-state index contributed by atoms with van der Waals surface area (Å²) in [5.74, 6) is -0.589. The number of rotatable bonds is 40. The number of carbonyl (C=O) groups excluding carboxylic acids is 2. The molecule has 318 valence electrons. The van der Waals surface area contributed by atoms with Crippen molar-refractivity contribution < 1.29 is 23.8 Å². The second kappa shape index (κ2) is 46.2. The molecule has 0 spiro atoms. The van der Waals surface area contributed by atoms with Crippen molar-refractivity contribution in [1.82, 2.24) is 0 Å². The van der Waals surface area contributed by atoms with E-state index in [1.54, 1.807) is 0 Å². The maximum absolute atomic E-state index is 12.7. The first-order valence-electron chi connectivity index (χ1n) is 22.8. The number of allylic oxidation sites excluding steroid dienone is 16. The van der Waals surface area contributed by atoms with Crippen LogP contribution in [0.25, 0.3) is 0 Å². The first-order valence-corrected chi connectivity index (χ1v) is 22.8. The van der Waals surface area contributed by atoms with Gasteiger partial charge in [0.15, 0.2) is 6.10 Å². The van der Waals surface area contributed by atoms with E-state index in [1.807, 2.05) is 12.2 Å². The minimum Gasteiger partial charge on any atom is -0.462 e. The van der Waals surface area contributed by atoms with Gasteiger partial charge >= 0.3 is 11.9 Å². The first kappa shape index (κ1) is 52.8. The van der Waals surface area contributed by atoms with Gasteiger partial charge in [-0.1, -0.05) is 201 Å². The molecule has 0 aromatic rings. The lowest BCUT2D eigenvalue weighted by Crippen LogP contribution is -2.30. The topological polar surface area (TPSA) is 61.8 Å². The quantitative estimate of drug-likeness (QED) is 0.0352. The average Bonchev–Trinajstić information content (AvgIpc) is 3.20. The van der Waals surface area contributed by atoms with Gasteiger partial charge in [-0.2, -0.15) is 0 Å². The smallest absolute Gasteiger partial charge is 0.306 e. The third kappa shape index (κ3) is 43.5. The van der Waals surface area contributed by atoms with Crippen molar-refractivity contribution in [3.05, 3.63) is 97.2 Å². The zero-order chi connectivity index (χ0) is 40.7. The van der Waals surface area contributed by atoms with Gasteiger partial charge in [0.1, 0.15) is 6.61 Å². The van der Waals surface area contributed by atoms with Gasteiger partial charge < -0.3 is 14.2 Å². The number of esters is 2. The van der Waals surface area contributed by atoms with Gasteiger partial charge in [-0.15, -0.1) is 0 Å². The molecule has 0 N–H and O–H groups in total. The Balaban J connectivity index is 4.46. The van der Waals surface area contributed by atoms with Crippen molar-refractivity contribution in [2.75, 3.05) is 19.8 Å². The molecule has 1 atom stereocenters. The molecular weight excluding hydrogens is 693 g/mol. The highest BCUT2D eigenvalue weighted by atomic mass is 16.6. The third-order valence-corrected chi connectivity index (χ3v) is 9.14. The number of hydrogen-bond acceptors (Lipinski definition) is 5. The third-order valence-electron chi connectivity index (χ3n) is 9.14. The molecule has 56 heavy (non-hydrogen) atoms. The predicted molar refractivity (Wildman–Crippen MR) is 242 cm³/mol. The molecule has 1 unspecified atom stereocenters. The van der Waals surface area contributed by atoms with Crippen LogP contribution in [0.1, 0.15) is 188 Å². The molecule has 0 aromatic heterocycles. The van der Waals surface area contributed by atoms with E-state index < -0.39 is 6.10 Å². The van der Waals surface area contributed by atoms with E-state index in [0.717, 1.165) is 64.2 Å². The Bertz CT molecular complexity index is 1110. The number of ether oxygens (including phenoxy) is 3. The summed E-state index contributed by atoms with van der Waals surface area (Å²) in [4.78, 5) is 25.2. The minimum atomic E-state index is -0.604. The molecule has 0 radical (unpaired) electrons. The fourth-order valence-corrected chi connectivity index (χ4v) is 5.83. The summed E-state index contributed by atoms with van der Waals surface area (Å²) < 4.78 is 17.2. The molecule has 0 aromatic carbocycles. The summed E-state index contributed by atoms with van der Waals surface area (Å²) in [7, 11) is 0. The minimum absolute atomic E-state index is 0.0154. The van der Waals surface area contributed by atoms with Crippen LogP contribution in [0.5, 0.6) is 0 Å². The standard InChI is InChI=1S/C51H84O5/c1-4-7-10-13-16-19-22-25-28-31-34-37-40-43-46-54-47-49(56-51(53)45-42-39-36-33-30-27-24-21-18-15-12-9-6-3)48-55-50(52)44-41-38-35-32-29-26-23-20-17-14-11-8-5-2/h8-9,11-12,17-18,20-21,26-27,29-30,35-36,38-39,49H,4-7,10,13-16,19,22-25,28,31-34,37,40-48H2,1-3H3/b11-8-,12-9-,20-17-,21-18-,29-26-,30-27-,38-35-,39-36-. The molecule has 5 heteroatoms. The van der Waals surface area contributed by atoms with Crippen LogP contribution < -0.4 is 0 Å². The number of hydrogen-bond donors (Lipinski definition) is 0. The molecule has 0 rings (SSSR count). The van der Waals surface area contributed by atoms with Gasteiger partial charge in [0.25, 0.3) is 0 Å². The lowest BCUT2D eigenvalue weighted by atomic mass is 10.0. The predicted octanol–water partition coefficient (Wildman–Crippen LogP) is 15.1. The normalized spacial score (nSPS) is 13.1. The van der Waals surface area contributed by atoms with Crippen LogP contribution in [0.2, 0.25) is 0 Å². The molecule has 5 nitrogen and oxygen atoms in total. The van der Waals surface area contributed by atoms with Crippen LogP contribution >= 0.6 is 0 Å². The molecule has 0 heterocycles. The second-order valence-corrected chi connectivity index (χ2v) is 14.5. The zero-order valence-corrected chi connectivity index (χ0v) is 36.4. The van der Waals surface area contributed by atoms with Crippen LogP contribution in [-0.2, 0) is 23.8 Å². The van der Waals surface area contributed by atoms with Crippen LogP contribution in [0.4, 0.5) is 0 Å². The molecule has 0 saturated carbocycles. The van der Waals surface area contributed by atoms with Crippen LogP contribution in [0, 0.1) is 0 Å². The summed E-state index contributed by atoms with van der Waals surface area (Å²) >= 11 is 0. The molecular formula is C51H84O5. The van der Waals surface area contributed by atoms with E-state index in [-0.39, 0.29) is 31.6 Å². The maximum Gasteiger partial charge on any atom is 0.306 e. The Hall–Kier alpha value is -3.18. The lowest BCUT2D eigenvalue weighted by Gasteiger charge is -2.18. The summed E-state index contributed by atoms with van der Waals surface area (Å²) in [6, 6.07) is 0. The van der Waals surface area contributed by atoms with E-state index in [4.69, 9.17) is 14.2 Å². The molecule has 0 aliphatic heterocycles. The van der Waals surface area contributed by atoms with E-state index in [9.17, 15) is 9.59 Å². The van der Waals surface area contributed by atoms with Crippen molar-refractivity contribution in [1.29, 1.82) is 0 Å². The first-order chi connectivity index (χ1) is 27.6. The summed E-state index contributed by atoms with van der Waals surface area (Å²) in [6.45, 7) is 7.43. The summed E-state index contributed by atoms with van der Waals surface area (Å²) in [6.07, 6.45) is 61.5. The van der Waals surface area contributed by atoms with Crippen LogP contribution in [0.15, 0.2) is 97.2 Å². The van der Waals surface area contributed by atoms with E-state index in [2.05, 4.69) is 106 Å². The fourth-order valence-electron chi connectivity index (χ4n) is 5.83. The average molecular weight is 777 g/mol. The van der Waals surface area contributed by atoms with Gasteiger partial charge in [0.05, 0.1) is 6.61 Å². The molecule has 0 aliphatic rings. The molecule has 0 saturated heterocycles. The Labute approximate surface area is 345 Å². The Morgan fingerprint density at radius 1 is 0.411 bits per heavy atom. The van der Waals surface area contributed by atoms with Gasteiger partial charge in [-0.25, -0.2) is 0 Å². The van der Waals surface area contributed by atoms with Crippen molar-refractivity contribution in [2.45, 2.75) is 194 Å². The highest BCUT2D eigenvalue weighted by molar-refractivity contribution is 5.70. The lowest BCUT2D eigenvalue weighted by molar-refractivity contribution is -0.162. The summed E-state index contributed by atoms with van der Waals surface area (Å²) in [5, 5.41) is 0. The molecule has 0 fully saturated rings. The molecule has 0 bridgehead atoms.